The van der Waals surface area contributed by atoms with Crippen molar-refractivity contribution >= 4 is 28.2 Å². The minimum atomic E-state index is -0.117. The number of hydrogen-bond donors (Lipinski definition) is 2. The fraction of sp³-hybridized carbons (Fsp3) is 0.429. The van der Waals surface area contributed by atoms with Crippen molar-refractivity contribution in [3.05, 3.63) is 69.5 Å². The first-order chi connectivity index (χ1) is 16.6. The quantitative estimate of drug-likeness (QED) is 0.510. The fourth-order valence-corrected chi connectivity index (χ4v) is 5.26. The first kappa shape index (κ1) is 22.7. The van der Waals surface area contributed by atoms with E-state index in [-0.39, 0.29) is 11.5 Å². The molecular formula is C28H33N3O3. The number of nitrogens with one attached hydrogen (secondary N) is 2. The molecule has 34 heavy (non-hydrogen) atoms. The van der Waals surface area contributed by atoms with Crippen LogP contribution in [0.25, 0.3) is 10.9 Å². The second-order valence-electron chi connectivity index (χ2n) is 9.60. The zero-order valence-electron chi connectivity index (χ0n) is 19.9. The molecule has 2 N–H and O–H groups in total. The van der Waals surface area contributed by atoms with Gasteiger partial charge in [0.25, 0.3) is 5.91 Å². The number of aromatic nitrogens is 1. The highest BCUT2D eigenvalue weighted by molar-refractivity contribution is 6.09. The standard InChI is InChI=1S/C28H33N3O3/c1-19-16-27(32)30-25-11-10-21(18-23(19)25)29-28(33)24-17-20(6-4-7-22-8-5-15-34-22)9-12-26(24)31-13-2-3-14-31/h9-12,16-18,22H,2-8,13-15H2,1H3,(H,29,33)(H,30,32). The van der Waals surface area contributed by atoms with E-state index in [9.17, 15) is 9.59 Å². The normalized spacial score (nSPS) is 18.0. The molecule has 1 atom stereocenters. The molecule has 2 aliphatic rings. The van der Waals surface area contributed by atoms with Crippen LogP contribution in [0.2, 0.25) is 0 Å². The number of aromatic amines is 1. The van der Waals surface area contributed by atoms with E-state index in [0.717, 1.165) is 85.2 Å². The summed E-state index contributed by atoms with van der Waals surface area (Å²) in [7, 11) is 0. The lowest BCUT2D eigenvalue weighted by molar-refractivity contribution is 0.102. The Kier molecular flexibility index (Phi) is 6.68. The van der Waals surface area contributed by atoms with Crippen LogP contribution in [0, 0.1) is 6.92 Å². The summed E-state index contributed by atoms with van der Waals surface area (Å²) in [5.74, 6) is -0.0932. The highest BCUT2D eigenvalue weighted by Gasteiger charge is 2.21. The van der Waals surface area contributed by atoms with Gasteiger partial charge in [0.05, 0.1) is 11.7 Å². The van der Waals surface area contributed by atoms with E-state index >= 15 is 0 Å². The molecule has 2 saturated heterocycles. The molecule has 178 valence electrons. The van der Waals surface area contributed by atoms with Gasteiger partial charge in [0.1, 0.15) is 0 Å². The molecule has 0 radical (unpaired) electrons. The number of benzene rings is 2. The third-order valence-corrected chi connectivity index (χ3v) is 7.08. The van der Waals surface area contributed by atoms with Crippen LogP contribution in [0.1, 0.15) is 60.0 Å². The number of fused-ring (bicyclic) bond motifs is 1. The molecule has 1 aromatic heterocycles. The van der Waals surface area contributed by atoms with Crippen LogP contribution >= 0.6 is 0 Å². The smallest absolute Gasteiger partial charge is 0.257 e. The molecule has 0 saturated carbocycles. The Bertz CT molecular complexity index is 1240. The third kappa shape index (κ3) is 5.02. The molecule has 1 amide bonds. The van der Waals surface area contributed by atoms with E-state index in [1.54, 1.807) is 6.07 Å². The number of rotatable bonds is 7. The van der Waals surface area contributed by atoms with Gasteiger partial charge in [-0.1, -0.05) is 6.07 Å². The molecular weight excluding hydrogens is 426 g/mol. The summed E-state index contributed by atoms with van der Waals surface area (Å²) in [5.41, 5.74) is 5.21. The second-order valence-corrected chi connectivity index (χ2v) is 9.60. The minimum absolute atomic E-state index is 0.0932. The third-order valence-electron chi connectivity index (χ3n) is 7.08. The van der Waals surface area contributed by atoms with Gasteiger partial charge in [-0.3, -0.25) is 9.59 Å². The lowest BCUT2D eigenvalue weighted by atomic mass is 10.0. The Morgan fingerprint density at radius 2 is 1.97 bits per heavy atom. The molecule has 5 rings (SSSR count). The van der Waals surface area contributed by atoms with E-state index in [4.69, 9.17) is 4.74 Å². The largest absolute Gasteiger partial charge is 0.378 e. The number of carbonyl (C=O) groups excluding carboxylic acids is 1. The molecule has 6 heteroatoms. The second kappa shape index (κ2) is 10.0. The average Bonchev–Trinajstić information content (AvgIpc) is 3.54. The lowest BCUT2D eigenvalue weighted by Gasteiger charge is -2.22. The Morgan fingerprint density at radius 1 is 1.12 bits per heavy atom. The van der Waals surface area contributed by atoms with Gasteiger partial charge in [-0.05, 0) is 93.3 Å². The zero-order valence-corrected chi connectivity index (χ0v) is 19.9. The maximum atomic E-state index is 13.5. The zero-order chi connectivity index (χ0) is 23.5. The van der Waals surface area contributed by atoms with E-state index in [2.05, 4.69) is 33.4 Å². The van der Waals surface area contributed by atoms with Crippen LogP contribution in [-0.4, -0.2) is 36.7 Å². The van der Waals surface area contributed by atoms with E-state index in [1.165, 1.54) is 18.4 Å². The summed E-state index contributed by atoms with van der Waals surface area (Å²) in [4.78, 5) is 30.4. The van der Waals surface area contributed by atoms with E-state index in [1.807, 2.05) is 25.1 Å². The van der Waals surface area contributed by atoms with E-state index in [0.29, 0.717) is 6.10 Å². The van der Waals surface area contributed by atoms with Gasteiger partial charge in [-0.2, -0.15) is 0 Å². The lowest BCUT2D eigenvalue weighted by Crippen LogP contribution is -2.23. The highest BCUT2D eigenvalue weighted by atomic mass is 16.5. The molecule has 0 bridgehead atoms. The van der Waals surface area contributed by atoms with Gasteiger partial charge in [0, 0.05) is 48.0 Å². The van der Waals surface area contributed by atoms with Crippen molar-refractivity contribution in [2.75, 3.05) is 29.9 Å². The van der Waals surface area contributed by atoms with Gasteiger partial charge in [-0.25, -0.2) is 0 Å². The van der Waals surface area contributed by atoms with Gasteiger partial charge < -0.3 is 19.9 Å². The van der Waals surface area contributed by atoms with Crippen LogP contribution in [0.3, 0.4) is 0 Å². The number of H-pyrrole nitrogens is 1. The van der Waals surface area contributed by atoms with Crippen molar-refractivity contribution in [2.24, 2.45) is 0 Å². The molecule has 2 aliphatic heterocycles. The Morgan fingerprint density at radius 3 is 2.76 bits per heavy atom. The molecule has 6 nitrogen and oxygen atoms in total. The SMILES string of the molecule is Cc1cc(=O)[nH]c2ccc(NC(=O)c3cc(CCCC4CCCO4)ccc3N3CCCC3)cc12. The number of hydrogen-bond acceptors (Lipinski definition) is 4. The summed E-state index contributed by atoms with van der Waals surface area (Å²) in [6.45, 7) is 4.78. The number of amides is 1. The molecule has 2 aromatic carbocycles. The number of aryl methyl sites for hydroxylation is 2. The topological polar surface area (TPSA) is 74.4 Å². The number of carbonyl (C=O) groups is 1. The van der Waals surface area contributed by atoms with Gasteiger partial charge in [-0.15, -0.1) is 0 Å². The van der Waals surface area contributed by atoms with Crippen molar-refractivity contribution in [3.8, 4) is 0 Å². The Hall–Kier alpha value is -3.12. The molecule has 0 aliphatic carbocycles. The van der Waals surface area contributed by atoms with Crippen molar-refractivity contribution in [2.45, 2.75) is 58.0 Å². The van der Waals surface area contributed by atoms with Crippen LogP contribution in [0.5, 0.6) is 0 Å². The molecule has 1 unspecified atom stereocenters. The van der Waals surface area contributed by atoms with Gasteiger partial charge in [0.15, 0.2) is 0 Å². The highest BCUT2D eigenvalue weighted by Crippen LogP contribution is 2.28. The van der Waals surface area contributed by atoms with Crippen LogP contribution in [0.15, 0.2) is 47.3 Å². The predicted octanol–water partition coefficient (Wildman–Crippen LogP) is 5.19. The average molecular weight is 460 g/mol. The first-order valence-corrected chi connectivity index (χ1v) is 12.5. The van der Waals surface area contributed by atoms with Crippen molar-refractivity contribution < 1.29 is 9.53 Å². The summed E-state index contributed by atoms with van der Waals surface area (Å²) < 4.78 is 5.76. The van der Waals surface area contributed by atoms with Crippen molar-refractivity contribution in [1.82, 2.24) is 4.98 Å². The fourth-order valence-electron chi connectivity index (χ4n) is 5.26. The molecule has 0 spiro atoms. The summed E-state index contributed by atoms with van der Waals surface area (Å²) in [6.07, 6.45) is 8.15. The van der Waals surface area contributed by atoms with Crippen LogP contribution < -0.4 is 15.8 Å². The van der Waals surface area contributed by atoms with Gasteiger partial charge in [0.2, 0.25) is 5.56 Å². The van der Waals surface area contributed by atoms with Crippen molar-refractivity contribution in [3.63, 3.8) is 0 Å². The maximum absolute atomic E-state index is 13.5. The Labute approximate surface area is 200 Å². The number of ether oxygens (including phenoxy) is 1. The first-order valence-electron chi connectivity index (χ1n) is 12.5. The maximum Gasteiger partial charge on any atom is 0.257 e. The number of nitrogens with zero attached hydrogens (tertiary/aromatic N) is 1. The van der Waals surface area contributed by atoms with Gasteiger partial charge >= 0.3 is 0 Å². The summed E-state index contributed by atoms with van der Waals surface area (Å²) >= 11 is 0. The van der Waals surface area contributed by atoms with Crippen LogP contribution in [0.4, 0.5) is 11.4 Å². The van der Waals surface area contributed by atoms with Crippen molar-refractivity contribution in [1.29, 1.82) is 0 Å². The number of anilines is 2. The van der Waals surface area contributed by atoms with Crippen LogP contribution in [-0.2, 0) is 11.2 Å². The monoisotopic (exact) mass is 459 g/mol. The summed E-state index contributed by atoms with van der Waals surface area (Å²) in [5, 5.41) is 4.04. The predicted molar refractivity (Wildman–Crippen MR) is 137 cm³/mol. The molecule has 3 heterocycles. The molecule has 3 aromatic rings. The summed E-state index contributed by atoms with van der Waals surface area (Å²) in [6, 6.07) is 13.6. The van der Waals surface area contributed by atoms with E-state index < -0.39 is 0 Å². The number of pyridine rings is 1. The molecule has 2 fully saturated rings. The minimum Gasteiger partial charge on any atom is -0.378 e. The Balaban J connectivity index is 1.37.